The van der Waals surface area contributed by atoms with Gasteiger partial charge in [-0.2, -0.15) is 0 Å². The fourth-order valence-electron chi connectivity index (χ4n) is 6.20. The summed E-state index contributed by atoms with van der Waals surface area (Å²) in [5.74, 6) is -1.04. The largest absolute Gasteiger partial charge is 0.352 e. The van der Waals surface area contributed by atoms with Crippen LogP contribution >= 0.6 is 0 Å². The fourth-order valence-corrected chi connectivity index (χ4v) is 6.20. The van der Waals surface area contributed by atoms with Crippen molar-refractivity contribution in [2.24, 2.45) is 16.2 Å². The van der Waals surface area contributed by atoms with Crippen LogP contribution < -0.4 is 10.6 Å². The van der Waals surface area contributed by atoms with E-state index in [9.17, 15) is 14.4 Å². The van der Waals surface area contributed by atoms with Gasteiger partial charge in [-0.05, 0) is 46.0 Å². The number of hydrogen-bond acceptors (Lipinski definition) is 3. The highest BCUT2D eigenvalue weighted by Crippen LogP contribution is 2.69. The molecular weight excluding hydrogens is 316 g/mol. The smallest absolute Gasteiger partial charge is 0.235 e. The third kappa shape index (κ3) is 2.27. The van der Waals surface area contributed by atoms with E-state index >= 15 is 0 Å². The molecule has 3 rings (SSSR count). The van der Waals surface area contributed by atoms with Gasteiger partial charge >= 0.3 is 0 Å². The van der Waals surface area contributed by atoms with E-state index in [1.54, 1.807) is 0 Å². The first-order chi connectivity index (χ1) is 11.2. The Morgan fingerprint density at radius 3 is 1.88 bits per heavy atom. The fraction of sp³-hybridized carbons (Fsp3) is 0.850. The van der Waals surface area contributed by atoms with Crippen LogP contribution in [0.3, 0.4) is 0 Å². The molecule has 0 unspecified atom stereocenters. The Morgan fingerprint density at radius 1 is 0.920 bits per heavy atom. The van der Waals surface area contributed by atoms with Crippen molar-refractivity contribution in [2.45, 2.75) is 91.3 Å². The number of amides is 1. The molecule has 0 aromatic heterocycles. The SMILES string of the molecule is CC1(C)CC(NC(=O)[C@]23CC[C@@](C)(C(=O)C2=O)C3(C)C)CC(C)(C)[NH2+]1. The van der Waals surface area contributed by atoms with Gasteiger partial charge in [0.15, 0.2) is 0 Å². The molecular formula is C20H33N2O3+. The number of fused-ring (bicyclic) bond motifs is 2. The first-order valence-corrected chi connectivity index (χ1v) is 9.46. The summed E-state index contributed by atoms with van der Waals surface area (Å²) in [6.45, 7) is 14.4. The van der Waals surface area contributed by atoms with Crippen LogP contribution in [0.4, 0.5) is 0 Å². The molecule has 1 amide bonds. The Hall–Kier alpha value is -1.23. The van der Waals surface area contributed by atoms with Crippen LogP contribution in [0.1, 0.15) is 74.1 Å². The number of hydrogen-bond donors (Lipinski definition) is 2. The third-order valence-corrected chi connectivity index (χ3v) is 7.59. The zero-order valence-electron chi connectivity index (χ0n) is 16.7. The lowest BCUT2D eigenvalue weighted by Crippen LogP contribution is -3.06. The number of Topliss-reactive ketones (excluding diaryl/α,β-unsaturated/α-hetero) is 2. The second kappa shape index (κ2) is 4.93. The van der Waals surface area contributed by atoms with Gasteiger partial charge in [0.25, 0.3) is 0 Å². The molecule has 2 saturated carbocycles. The Labute approximate surface area is 150 Å². The van der Waals surface area contributed by atoms with Crippen molar-refractivity contribution in [1.29, 1.82) is 0 Å². The van der Waals surface area contributed by atoms with Crippen LogP contribution in [-0.4, -0.2) is 34.6 Å². The van der Waals surface area contributed by atoms with Gasteiger partial charge in [0.2, 0.25) is 17.5 Å². The lowest BCUT2D eigenvalue weighted by molar-refractivity contribution is -0.788. The van der Waals surface area contributed by atoms with Gasteiger partial charge in [-0.3, -0.25) is 14.4 Å². The molecule has 2 bridgehead atoms. The molecule has 3 N–H and O–H groups in total. The van der Waals surface area contributed by atoms with Gasteiger partial charge in [-0.25, -0.2) is 0 Å². The Balaban J connectivity index is 1.89. The predicted molar refractivity (Wildman–Crippen MR) is 94.8 cm³/mol. The first-order valence-electron chi connectivity index (χ1n) is 9.46. The molecule has 0 aromatic carbocycles. The van der Waals surface area contributed by atoms with Gasteiger partial charge in [-0.15, -0.1) is 0 Å². The molecule has 5 heteroatoms. The summed E-state index contributed by atoms with van der Waals surface area (Å²) in [6.07, 6.45) is 2.82. The van der Waals surface area contributed by atoms with Crippen LogP contribution in [0, 0.1) is 16.2 Å². The number of rotatable bonds is 2. The van der Waals surface area contributed by atoms with E-state index in [0.29, 0.717) is 12.8 Å². The number of carbonyl (C=O) groups excluding carboxylic acids is 3. The average molecular weight is 349 g/mol. The number of piperidine rings is 1. The van der Waals surface area contributed by atoms with Crippen LogP contribution in [0.15, 0.2) is 0 Å². The van der Waals surface area contributed by atoms with E-state index in [-0.39, 0.29) is 28.8 Å². The highest BCUT2D eigenvalue weighted by Gasteiger charge is 2.77. The molecule has 1 aliphatic heterocycles. The zero-order valence-corrected chi connectivity index (χ0v) is 16.7. The molecule has 2 aliphatic carbocycles. The highest BCUT2D eigenvalue weighted by molar-refractivity contribution is 6.48. The lowest BCUT2D eigenvalue weighted by atomic mass is 9.64. The second-order valence-electron chi connectivity index (χ2n) is 10.7. The molecule has 140 valence electrons. The van der Waals surface area contributed by atoms with E-state index in [1.807, 2.05) is 20.8 Å². The maximum absolute atomic E-state index is 13.3. The molecule has 1 heterocycles. The minimum absolute atomic E-state index is 0.0306. The predicted octanol–water partition coefficient (Wildman–Crippen LogP) is 1.35. The normalized spacial score (nSPS) is 38.8. The molecule has 3 fully saturated rings. The van der Waals surface area contributed by atoms with Crippen molar-refractivity contribution >= 4 is 17.5 Å². The maximum atomic E-state index is 13.3. The van der Waals surface area contributed by atoms with Crippen LogP contribution in [-0.2, 0) is 14.4 Å². The van der Waals surface area contributed by atoms with Gasteiger partial charge in [-0.1, -0.05) is 20.8 Å². The number of carbonyl (C=O) groups is 3. The maximum Gasteiger partial charge on any atom is 0.235 e. The van der Waals surface area contributed by atoms with E-state index < -0.39 is 22.0 Å². The van der Waals surface area contributed by atoms with Crippen molar-refractivity contribution in [1.82, 2.24) is 5.32 Å². The van der Waals surface area contributed by atoms with Crippen LogP contribution in [0.5, 0.6) is 0 Å². The summed E-state index contributed by atoms with van der Waals surface area (Å²) in [6, 6.07) is 0.0306. The number of nitrogens with two attached hydrogens (primary N) is 1. The van der Waals surface area contributed by atoms with E-state index in [0.717, 1.165) is 12.8 Å². The van der Waals surface area contributed by atoms with Gasteiger partial charge in [0.1, 0.15) is 5.41 Å². The molecule has 0 aromatic rings. The summed E-state index contributed by atoms with van der Waals surface area (Å²) >= 11 is 0. The summed E-state index contributed by atoms with van der Waals surface area (Å²) in [7, 11) is 0. The topological polar surface area (TPSA) is 79.8 Å². The minimum Gasteiger partial charge on any atom is -0.352 e. The number of quaternary nitrogens is 1. The van der Waals surface area contributed by atoms with Crippen molar-refractivity contribution in [2.75, 3.05) is 0 Å². The van der Waals surface area contributed by atoms with Crippen molar-refractivity contribution in [3.8, 4) is 0 Å². The van der Waals surface area contributed by atoms with Crippen LogP contribution in [0.25, 0.3) is 0 Å². The van der Waals surface area contributed by atoms with E-state index in [4.69, 9.17) is 0 Å². The summed E-state index contributed by atoms with van der Waals surface area (Å²) in [4.78, 5) is 38.7. The molecule has 0 radical (unpaired) electrons. The molecule has 0 spiro atoms. The van der Waals surface area contributed by atoms with Crippen LogP contribution in [0.2, 0.25) is 0 Å². The van der Waals surface area contributed by atoms with E-state index in [1.165, 1.54) is 0 Å². The molecule has 3 aliphatic rings. The molecule has 1 saturated heterocycles. The van der Waals surface area contributed by atoms with Crippen molar-refractivity contribution < 1.29 is 19.7 Å². The van der Waals surface area contributed by atoms with Gasteiger partial charge in [0.05, 0.1) is 11.1 Å². The summed E-state index contributed by atoms with van der Waals surface area (Å²) < 4.78 is 0. The highest BCUT2D eigenvalue weighted by atomic mass is 16.2. The third-order valence-electron chi connectivity index (χ3n) is 7.59. The number of nitrogens with one attached hydrogen (secondary N) is 1. The zero-order chi connectivity index (χ0) is 19.1. The Kier molecular flexibility index (Phi) is 3.66. The summed E-state index contributed by atoms with van der Waals surface area (Å²) in [5, 5.41) is 5.55. The quantitative estimate of drug-likeness (QED) is 0.583. The average Bonchev–Trinajstić information content (AvgIpc) is 2.67. The second-order valence-corrected chi connectivity index (χ2v) is 10.7. The lowest BCUT2D eigenvalue weighted by Gasteiger charge is -2.44. The standard InChI is InChI=1S/C20H32N2O3/c1-16(2)10-12(11-17(3,4)22-16)21-15(25)20-9-8-19(7,18(20,5)6)13(23)14(20)24/h12,22H,8-11H2,1-7H3,(H,21,25)/p+1/t19-,20-/m0/s1. The molecule has 2 atom stereocenters. The Bertz CT molecular complexity index is 648. The first kappa shape index (κ1) is 18.6. The Morgan fingerprint density at radius 2 is 1.44 bits per heavy atom. The molecule has 5 nitrogen and oxygen atoms in total. The minimum atomic E-state index is -1.19. The number of ketones is 2. The van der Waals surface area contributed by atoms with E-state index in [2.05, 4.69) is 38.3 Å². The molecule has 25 heavy (non-hydrogen) atoms. The summed E-state index contributed by atoms with van der Waals surface area (Å²) in [5.41, 5.74) is -2.46. The monoisotopic (exact) mass is 349 g/mol. The van der Waals surface area contributed by atoms with Crippen molar-refractivity contribution in [3.05, 3.63) is 0 Å². The van der Waals surface area contributed by atoms with Gasteiger partial charge < -0.3 is 10.6 Å². The van der Waals surface area contributed by atoms with Gasteiger partial charge in [0, 0.05) is 24.3 Å². The van der Waals surface area contributed by atoms with Crippen molar-refractivity contribution in [3.63, 3.8) is 0 Å².